The molecule has 10 aromatic rings. The van der Waals surface area contributed by atoms with Gasteiger partial charge in [-0.2, -0.15) is 0 Å². The molecular weight excluding hydrogens is 1660 g/mol. The van der Waals surface area contributed by atoms with Gasteiger partial charge in [0.25, 0.3) is 0 Å². The molecule has 0 spiro atoms. The minimum Gasteiger partial charge on any atom is -0.512 e. The molecule has 6 nitrogen and oxygen atoms in total. The second kappa shape index (κ2) is 57.1. The molecule has 416 valence electrons. The molecule has 80 heavy (non-hydrogen) atoms. The van der Waals surface area contributed by atoms with Crippen LogP contribution in [0.3, 0.4) is 0 Å². The van der Waals surface area contributed by atoms with Gasteiger partial charge in [0.1, 0.15) is 0 Å². The number of aromatic nitrogens is 2. The zero-order valence-corrected chi connectivity index (χ0v) is 54.6. The number of hydrogen-bond acceptors (Lipinski definition) is 6. The number of hydrogen-bond donors (Lipinski definition) is 0. The summed E-state index contributed by atoms with van der Waals surface area (Å²) < 4.78 is 0. The zero-order valence-electron chi connectivity index (χ0n) is 42.3. The van der Waals surface area contributed by atoms with Gasteiger partial charge in [-0.25, -0.2) is 0 Å². The normalized spacial score (nSPS) is 8.47. The summed E-state index contributed by atoms with van der Waals surface area (Å²) in [4.78, 5) is 8.44. The molecule has 0 aliphatic heterocycles. The maximum atomic E-state index is 6.25. The SMILES string of the molecule is ClCCl.ClCCl.[Ag+].[Ag+].[C-]#N.[C-]#N.[C-]#N.[C-]#N.[Pt+2].[Pt+2].[c-]1ccccc1-c1ccccn1.[c-]1ccccc1-c1ccccn1.c1ccc(P(c2ccccc2)c2ccccc2)cc1.c1ccc(P(c2ccccc2)c2ccccc2)cc1. The van der Waals surface area contributed by atoms with Crippen molar-refractivity contribution < 1.29 is 86.9 Å². The van der Waals surface area contributed by atoms with E-state index in [0.29, 0.717) is 0 Å². The Morgan fingerprint density at radius 1 is 0.300 bits per heavy atom. The molecule has 0 fully saturated rings. The van der Waals surface area contributed by atoms with Crippen LogP contribution >= 0.6 is 62.2 Å². The number of rotatable bonds is 8. The quantitative estimate of drug-likeness (QED) is 0.0647. The fourth-order valence-corrected chi connectivity index (χ4v) is 11.1. The summed E-state index contributed by atoms with van der Waals surface area (Å²) in [6.45, 7) is 19.0. The van der Waals surface area contributed by atoms with Crippen molar-refractivity contribution in [3.8, 4) is 22.5 Å². The molecule has 0 aliphatic rings. The first-order valence-electron chi connectivity index (χ1n) is 22.5. The summed E-state index contributed by atoms with van der Waals surface area (Å²) in [6, 6.07) is 98.3. The van der Waals surface area contributed by atoms with E-state index in [1.54, 1.807) is 12.4 Å². The molecule has 0 aliphatic carbocycles. The zero-order chi connectivity index (χ0) is 55.7. The second-order valence-corrected chi connectivity index (χ2v) is 19.9. The van der Waals surface area contributed by atoms with Crippen LogP contribution in [-0.4, -0.2) is 20.6 Å². The Morgan fingerprint density at radius 3 is 0.650 bits per heavy atom. The minimum absolute atomic E-state index is 0. The largest absolute Gasteiger partial charge is 2.00 e. The maximum absolute atomic E-state index is 6.25. The summed E-state index contributed by atoms with van der Waals surface area (Å²) in [7, 11) is -0.892. The van der Waals surface area contributed by atoms with E-state index in [9.17, 15) is 0 Å². The first kappa shape index (κ1) is 81.4. The van der Waals surface area contributed by atoms with Crippen molar-refractivity contribution in [2.75, 3.05) is 10.7 Å². The molecule has 0 radical (unpaired) electrons. The smallest absolute Gasteiger partial charge is 0.512 e. The van der Waals surface area contributed by atoms with Crippen molar-refractivity contribution >= 4 is 94.1 Å². The molecule has 16 heteroatoms. The van der Waals surface area contributed by atoms with Crippen molar-refractivity contribution in [3.05, 3.63) is 318 Å². The van der Waals surface area contributed by atoms with E-state index in [2.05, 4.69) is 204 Å². The van der Waals surface area contributed by atoms with Crippen LogP contribution in [0.2, 0.25) is 0 Å². The van der Waals surface area contributed by atoms with Crippen molar-refractivity contribution in [2.45, 2.75) is 0 Å². The van der Waals surface area contributed by atoms with E-state index in [-0.39, 0.29) is 97.6 Å². The van der Waals surface area contributed by atoms with Crippen LogP contribution in [0.1, 0.15) is 0 Å². The Hall–Kier alpha value is -5.10. The molecule has 0 amide bonds. The Bertz CT molecular complexity index is 2500. The molecule has 10 rings (SSSR count). The third-order valence-electron chi connectivity index (χ3n) is 9.39. The summed E-state index contributed by atoms with van der Waals surface area (Å²) in [5.41, 5.74) is 4.02. The van der Waals surface area contributed by atoms with Crippen LogP contribution in [0.4, 0.5) is 0 Å². The van der Waals surface area contributed by atoms with Crippen molar-refractivity contribution in [3.63, 3.8) is 0 Å². The van der Waals surface area contributed by atoms with Gasteiger partial charge in [0.15, 0.2) is 0 Å². The van der Waals surface area contributed by atoms with Gasteiger partial charge in [0, 0.05) is 12.4 Å². The fraction of sp³-hybridized carbons (Fsp3) is 0.0312. The average molecular weight is 1710 g/mol. The van der Waals surface area contributed by atoms with Crippen LogP contribution < -0.4 is 31.8 Å². The number of pyridine rings is 2. The summed E-state index contributed by atoms with van der Waals surface area (Å²) in [5, 5.41) is 33.8. The average Bonchev–Trinajstić information content (AvgIpc) is 3.53. The molecular formula is C64H50Ag2Cl4N6P2Pt2. The predicted octanol–water partition coefficient (Wildman–Crippen LogP) is 15.2. The van der Waals surface area contributed by atoms with E-state index in [1.807, 2.05) is 84.9 Å². The summed E-state index contributed by atoms with van der Waals surface area (Å²) >= 11 is 19.1. The van der Waals surface area contributed by atoms with E-state index >= 15 is 0 Å². The van der Waals surface area contributed by atoms with Crippen LogP contribution in [0.15, 0.2) is 279 Å². The molecule has 0 atom stereocenters. The van der Waals surface area contributed by atoms with Gasteiger partial charge in [0.2, 0.25) is 0 Å². The Balaban J connectivity index is -0.000000446. The van der Waals surface area contributed by atoms with E-state index in [0.717, 1.165) is 22.5 Å². The molecule has 0 N–H and O–H groups in total. The first-order valence-corrected chi connectivity index (χ1v) is 27.3. The van der Waals surface area contributed by atoms with E-state index in [4.69, 9.17) is 93.7 Å². The van der Waals surface area contributed by atoms with Gasteiger partial charge in [0.05, 0.1) is 10.7 Å². The predicted molar refractivity (Wildman–Crippen MR) is 320 cm³/mol. The fourth-order valence-electron chi connectivity index (χ4n) is 6.51. The first-order chi connectivity index (χ1) is 37.7. The van der Waals surface area contributed by atoms with Crippen molar-refractivity contribution in [1.82, 2.24) is 9.97 Å². The number of halogens is 4. The van der Waals surface area contributed by atoms with Crippen LogP contribution in [0, 0.1) is 59.5 Å². The van der Waals surface area contributed by atoms with Gasteiger partial charge in [-0.1, -0.05) is 206 Å². The van der Waals surface area contributed by atoms with Gasteiger partial charge < -0.3 is 57.3 Å². The summed E-state index contributed by atoms with van der Waals surface area (Å²) in [5.74, 6) is 0. The number of alkyl halides is 4. The number of nitrogens with zero attached hydrogens (tertiary/aromatic N) is 6. The van der Waals surface area contributed by atoms with Gasteiger partial charge in [-0.05, 0) is 71.2 Å². The number of benzene rings is 8. The third kappa shape index (κ3) is 33.0. The Labute approximate surface area is 556 Å². The Morgan fingerprint density at radius 2 is 0.487 bits per heavy atom. The van der Waals surface area contributed by atoms with Crippen molar-refractivity contribution in [1.29, 1.82) is 21.0 Å². The second-order valence-electron chi connectivity index (χ2n) is 13.9. The standard InChI is InChI=1S/2C18H15P.2C11H8N.2CH2Cl2.4CN.2Ag.2Pt/c2*1-4-10-16(11-5-1)19(17-12-6-2-7-13-17)18-14-8-3-9-15-18;2*1-2-6-10(7-3-1)11-8-4-5-9-12-11;2*2-1-3;4*1-2;;;;/h2*1-15H;2*1-6,8-9H;2*1H2;;;;;;;;/q;;2*-1;;;4*-1;2*+1;2*+2. The van der Waals surface area contributed by atoms with Crippen LogP contribution in [-0.2, 0) is 86.9 Å². The Kier molecular flexibility index (Phi) is 58.1. The van der Waals surface area contributed by atoms with Gasteiger partial charge in [-0.15, -0.1) is 118 Å². The van der Waals surface area contributed by atoms with Crippen LogP contribution in [0.5, 0.6) is 0 Å². The molecule has 2 heterocycles. The molecule has 8 aromatic carbocycles. The summed E-state index contributed by atoms with van der Waals surface area (Å²) in [6.07, 6.45) is 3.58. The van der Waals surface area contributed by atoms with E-state index < -0.39 is 15.8 Å². The molecule has 0 unspecified atom stereocenters. The topological polar surface area (TPSA) is 121 Å². The molecule has 0 saturated carbocycles. The van der Waals surface area contributed by atoms with Gasteiger partial charge in [-0.3, -0.25) is 0 Å². The maximum Gasteiger partial charge on any atom is 2.00 e. The third-order valence-corrected chi connectivity index (χ3v) is 14.3. The van der Waals surface area contributed by atoms with Gasteiger partial charge >= 0.3 is 86.9 Å². The van der Waals surface area contributed by atoms with Crippen LogP contribution in [0.25, 0.3) is 22.5 Å². The molecule has 2 aromatic heterocycles. The molecule has 0 saturated heterocycles. The van der Waals surface area contributed by atoms with E-state index in [1.165, 1.54) is 31.8 Å². The minimum atomic E-state index is -0.446. The molecule has 0 bridgehead atoms. The van der Waals surface area contributed by atoms with Crippen molar-refractivity contribution in [2.24, 2.45) is 0 Å². The monoisotopic (exact) mass is 1710 g/mol.